The second-order valence-electron chi connectivity index (χ2n) is 8.91. The maximum atomic E-state index is 12.9. The SMILES string of the molecule is CCOC(=O)C1(C(=O)OCC)Cc2cc(C#C[Si](C)(C)C)c(-c3ccccc3)cc2C1. The van der Waals surface area contributed by atoms with Crippen LogP contribution in [0.1, 0.15) is 30.5 Å². The van der Waals surface area contributed by atoms with Gasteiger partial charge in [0, 0.05) is 5.56 Å². The molecule has 2 aromatic rings. The molecule has 0 amide bonds. The molecule has 0 spiro atoms. The first-order valence-electron chi connectivity index (χ1n) is 10.8. The van der Waals surface area contributed by atoms with Crippen LogP contribution in [0, 0.1) is 16.9 Å². The minimum Gasteiger partial charge on any atom is -0.465 e. The molecule has 0 saturated heterocycles. The molecule has 1 aliphatic rings. The zero-order valence-corrected chi connectivity index (χ0v) is 20.0. The molecule has 2 aromatic carbocycles. The van der Waals surface area contributed by atoms with Crippen LogP contribution in [-0.4, -0.2) is 33.2 Å². The number of fused-ring (bicyclic) bond motifs is 1. The van der Waals surface area contributed by atoms with E-state index in [0.717, 1.165) is 27.8 Å². The van der Waals surface area contributed by atoms with Gasteiger partial charge in [-0.3, -0.25) is 9.59 Å². The van der Waals surface area contributed by atoms with Crippen LogP contribution in [-0.2, 0) is 31.9 Å². The number of rotatable bonds is 5. The highest BCUT2D eigenvalue weighted by Gasteiger charge is 2.53. The molecular weight excluding hydrogens is 404 g/mol. The molecule has 0 N–H and O–H groups in total. The van der Waals surface area contributed by atoms with Crippen molar-refractivity contribution < 1.29 is 19.1 Å². The molecule has 0 unspecified atom stereocenters. The van der Waals surface area contributed by atoms with Crippen LogP contribution >= 0.6 is 0 Å². The molecular formula is C26H30O4Si. The monoisotopic (exact) mass is 434 g/mol. The van der Waals surface area contributed by atoms with Crippen molar-refractivity contribution >= 4 is 20.0 Å². The molecule has 0 saturated carbocycles. The van der Waals surface area contributed by atoms with E-state index in [1.807, 2.05) is 24.3 Å². The van der Waals surface area contributed by atoms with E-state index >= 15 is 0 Å². The summed E-state index contributed by atoms with van der Waals surface area (Å²) in [5.41, 5.74) is 7.07. The molecule has 4 nitrogen and oxygen atoms in total. The Hall–Kier alpha value is -2.84. The third kappa shape index (κ3) is 4.91. The summed E-state index contributed by atoms with van der Waals surface area (Å²) in [6.07, 6.45) is 0.554. The van der Waals surface area contributed by atoms with Crippen LogP contribution in [0.2, 0.25) is 19.6 Å². The van der Waals surface area contributed by atoms with Gasteiger partial charge in [0.15, 0.2) is 5.41 Å². The predicted molar refractivity (Wildman–Crippen MR) is 125 cm³/mol. The summed E-state index contributed by atoms with van der Waals surface area (Å²) in [6.45, 7) is 10.6. The fourth-order valence-electron chi connectivity index (χ4n) is 3.86. The van der Waals surface area contributed by atoms with Gasteiger partial charge in [0.25, 0.3) is 0 Å². The van der Waals surface area contributed by atoms with Gasteiger partial charge in [0.2, 0.25) is 0 Å². The van der Waals surface area contributed by atoms with E-state index in [0.29, 0.717) is 0 Å². The average molecular weight is 435 g/mol. The average Bonchev–Trinajstić information content (AvgIpc) is 3.12. The first kappa shape index (κ1) is 22.8. The first-order valence-corrected chi connectivity index (χ1v) is 14.3. The van der Waals surface area contributed by atoms with Gasteiger partial charge in [-0.25, -0.2) is 0 Å². The van der Waals surface area contributed by atoms with Gasteiger partial charge in [-0.05, 0) is 61.1 Å². The van der Waals surface area contributed by atoms with Gasteiger partial charge in [-0.2, -0.15) is 0 Å². The van der Waals surface area contributed by atoms with Crippen LogP contribution < -0.4 is 0 Å². The number of carbonyl (C=O) groups excluding carboxylic acids is 2. The highest BCUT2D eigenvalue weighted by molar-refractivity contribution is 6.83. The van der Waals surface area contributed by atoms with Crippen LogP contribution in [0.4, 0.5) is 0 Å². The van der Waals surface area contributed by atoms with Crippen molar-refractivity contribution in [3.8, 4) is 22.6 Å². The summed E-state index contributed by atoms with van der Waals surface area (Å²) in [5.74, 6) is 2.37. The lowest BCUT2D eigenvalue weighted by Crippen LogP contribution is -2.43. The lowest BCUT2D eigenvalue weighted by molar-refractivity contribution is -0.171. The van der Waals surface area contributed by atoms with Gasteiger partial charge in [0.1, 0.15) is 8.07 Å². The first-order chi connectivity index (χ1) is 14.7. The fourth-order valence-corrected chi connectivity index (χ4v) is 4.37. The molecule has 0 fully saturated rings. The van der Waals surface area contributed by atoms with E-state index in [2.05, 4.69) is 49.3 Å². The Balaban J connectivity index is 2.14. The van der Waals surface area contributed by atoms with Gasteiger partial charge < -0.3 is 9.47 Å². The van der Waals surface area contributed by atoms with Crippen molar-refractivity contribution in [2.24, 2.45) is 5.41 Å². The normalized spacial score (nSPS) is 14.2. The molecule has 0 atom stereocenters. The number of ether oxygens (including phenoxy) is 2. The maximum absolute atomic E-state index is 12.9. The largest absolute Gasteiger partial charge is 0.465 e. The Morgan fingerprint density at radius 3 is 2.00 bits per heavy atom. The molecule has 5 heteroatoms. The third-order valence-corrected chi connectivity index (χ3v) is 6.19. The molecule has 162 valence electrons. The quantitative estimate of drug-likeness (QED) is 0.294. The molecule has 3 rings (SSSR count). The van der Waals surface area contributed by atoms with Crippen molar-refractivity contribution in [3.63, 3.8) is 0 Å². The highest BCUT2D eigenvalue weighted by atomic mass is 28.3. The molecule has 0 aliphatic heterocycles. The molecule has 0 radical (unpaired) electrons. The van der Waals surface area contributed by atoms with Crippen LogP contribution in [0.5, 0.6) is 0 Å². The maximum Gasteiger partial charge on any atom is 0.324 e. The summed E-state index contributed by atoms with van der Waals surface area (Å²) in [5, 5.41) is 0. The standard InChI is InChI=1S/C26H30O4Si/c1-6-29-24(27)26(25(28)30-7-2)17-21-15-20(13-14-31(3,4)5)23(16-22(21)18-26)19-11-9-8-10-12-19/h8-12,15-16H,6-7,17-18H2,1-5H3. The minimum atomic E-state index is -1.58. The third-order valence-electron chi connectivity index (χ3n) is 5.31. The lowest BCUT2D eigenvalue weighted by atomic mass is 9.84. The Morgan fingerprint density at radius 1 is 0.935 bits per heavy atom. The fraction of sp³-hybridized carbons (Fsp3) is 0.385. The van der Waals surface area contributed by atoms with Crippen molar-refractivity contribution in [2.75, 3.05) is 13.2 Å². The van der Waals surface area contributed by atoms with E-state index in [-0.39, 0.29) is 26.1 Å². The highest BCUT2D eigenvalue weighted by Crippen LogP contribution is 2.42. The predicted octanol–water partition coefficient (Wildman–Crippen LogP) is 4.79. The smallest absolute Gasteiger partial charge is 0.324 e. The molecule has 31 heavy (non-hydrogen) atoms. The zero-order chi connectivity index (χ0) is 22.6. The van der Waals surface area contributed by atoms with Crippen LogP contribution in [0.25, 0.3) is 11.1 Å². The molecule has 0 bridgehead atoms. The second-order valence-corrected chi connectivity index (χ2v) is 13.7. The number of carbonyl (C=O) groups is 2. The van der Waals surface area contributed by atoms with Crippen molar-refractivity contribution in [2.45, 2.75) is 46.3 Å². The summed E-state index contributed by atoms with van der Waals surface area (Å²) in [6, 6.07) is 14.2. The number of hydrogen-bond acceptors (Lipinski definition) is 4. The number of esters is 2. The van der Waals surface area contributed by atoms with Crippen molar-refractivity contribution in [1.29, 1.82) is 0 Å². The van der Waals surface area contributed by atoms with Gasteiger partial charge >= 0.3 is 11.9 Å². The lowest BCUT2D eigenvalue weighted by Gasteiger charge is -2.23. The molecule has 0 aromatic heterocycles. The Kier molecular flexibility index (Phi) is 6.71. The van der Waals surface area contributed by atoms with E-state index in [1.165, 1.54) is 0 Å². The Morgan fingerprint density at radius 2 is 1.48 bits per heavy atom. The Labute approximate surface area is 186 Å². The van der Waals surface area contributed by atoms with Gasteiger partial charge in [0.05, 0.1) is 13.2 Å². The number of hydrogen-bond donors (Lipinski definition) is 0. The molecule has 0 heterocycles. The van der Waals surface area contributed by atoms with E-state index in [9.17, 15) is 9.59 Å². The van der Waals surface area contributed by atoms with E-state index in [4.69, 9.17) is 9.47 Å². The van der Waals surface area contributed by atoms with Crippen LogP contribution in [0.3, 0.4) is 0 Å². The summed E-state index contributed by atoms with van der Waals surface area (Å²) < 4.78 is 10.6. The van der Waals surface area contributed by atoms with Gasteiger partial charge in [-0.15, -0.1) is 5.54 Å². The Bertz CT molecular complexity index is 1020. The van der Waals surface area contributed by atoms with Crippen molar-refractivity contribution in [1.82, 2.24) is 0 Å². The second kappa shape index (κ2) is 9.11. The summed E-state index contributed by atoms with van der Waals surface area (Å²) in [4.78, 5) is 25.8. The minimum absolute atomic E-state index is 0.221. The van der Waals surface area contributed by atoms with E-state index < -0.39 is 25.4 Å². The topological polar surface area (TPSA) is 52.6 Å². The van der Waals surface area contributed by atoms with Gasteiger partial charge in [-0.1, -0.05) is 55.9 Å². The molecule has 1 aliphatic carbocycles. The summed E-state index contributed by atoms with van der Waals surface area (Å²) >= 11 is 0. The number of benzene rings is 2. The van der Waals surface area contributed by atoms with Crippen molar-refractivity contribution in [3.05, 3.63) is 59.2 Å². The van der Waals surface area contributed by atoms with Crippen LogP contribution in [0.15, 0.2) is 42.5 Å². The summed E-state index contributed by atoms with van der Waals surface area (Å²) in [7, 11) is -1.58. The zero-order valence-electron chi connectivity index (χ0n) is 19.0. The van der Waals surface area contributed by atoms with E-state index in [1.54, 1.807) is 13.8 Å².